The van der Waals surface area contributed by atoms with Crippen molar-refractivity contribution in [1.82, 2.24) is 14.8 Å². The largest absolute Gasteiger partial charge is 0.337 e. The molecule has 10 heteroatoms. The maximum Gasteiger partial charge on any atom is 0.296 e. The van der Waals surface area contributed by atoms with E-state index in [4.69, 9.17) is 0 Å². The second-order valence-corrected chi connectivity index (χ2v) is 9.61. The number of amides is 2. The summed E-state index contributed by atoms with van der Waals surface area (Å²) in [4.78, 5) is 41.5. The highest BCUT2D eigenvalue weighted by Crippen LogP contribution is 2.33. The van der Waals surface area contributed by atoms with Gasteiger partial charge in [0.15, 0.2) is 0 Å². The topological polar surface area (TPSA) is 96.7 Å². The molecular formula is C23H18Br2N4O4. The lowest BCUT2D eigenvalue weighted by molar-refractivity contribution is -0.384. The fourth-order valence-electron chi connectivity index (χ4n) is 3.84. The molecule has 0 spiro atoms. The van der Waals surface area contributed by atoms with Crippen LogP contribution in [0.25, 0.3) is 11.3 Å². The van der Waals surface area contributed by atoms with E-state index in [0.717, 1.165) is 27.7 Å². The highest BCUT2D eigenvalue weighted by atomic mass is 79.9. The summed E-state index contributed by atoms with van der Waals surface area (Å²) in [6, 6.07) is 12.4. The second kappa shape index (κ2) is 9.03. The molecule has 0 fully saturated rings. The van der Waals surface area contributed by atoms with Gasteiger partial charge in [-0.2, -0.15) is 0 Å². The molecule has 2 amide bonds. The van der Waals surface area contributed by atoms with Gasteiger partial charge >= 0.3 is 0 Å². The van der Waals surface area contributed by atoms with E-state index in [1.54, 1.807) is 35.0 Å². The molecule has 3 aromatic rings. The monoisotopic (exact) mass is 572 g/mol. The molecule has 3 heterocycles. The summed E-state index contributed by atoms with van der Waals surface area (Å²) >= 11 is 6.56. The molecule has 33 heavy (non-hydrogen) atoms. The Morgan fingerprint density at radius 3 is 2.06 bits per heavy atom. The molecule has 0 N–H and O–H groups in total. The van der Waals surface area contributed by atoms with Gasteiger partial charge in [-0.05, 0) is 57.4 Å². The van der Waals surface area contributed by atoms with Crippen molar-refractivity contribution >= 4 is 49.4 Å². The maximum absolute atomic E-state index is 11.9. The van der Waals surface area contributed by atoms with E-state index < -0.39 is 4.92 Å². The number of fused-ring (bicyclic) bond motifs is 2. The van der Waals surface area contributed by atoms with Gasteiger partial charge in [-0.25, -0.2) is 4.98 Å². The molecule has 0 radical (unpaired) electrons. The third-order valence-corrected chi connectivity index (χ3v) is 6.37. The second-order valence-electron chi connectivity index (χ2n) is 7.77. The Labute approximate surface area is 206 Å². The normalized spacial score (nSPS) is 14.1. The lowest BCUT2D eigenvalue weighted by Gasteiger charge is -2.05. The molecule has 168 valence electrons. The van der Waals surface area contributed by atoms with Crippen molar-refractivity contribution in [3.8, 4) is 11.3 Å². The Morgan fingerprint density at radius 2 is 1.45 bits per heavy atom. The van der Waals surface area contributed by atoms with Crippen LogP contribution in [0.5, 0.6) is 0 Å². The van der Waals surface area contributed by atoms with Gasteiger partial charge in [0.1, 0.15) is 5.69 Å². The molecule has 0 bridgehead atoms. The fourth-order valence-corrected chi connectivity index (χ4v) is 4.57. The number of hydrogen-bond acceptors (Lipinski definition) is 5. The van der Waals surface area contributed by atoms with Gasteiger partial charge in [0.05, 0.1) is 4.92 Å². The van der Waals surface area contributed by atoms with E-state index in [2.05, 4.69) is 36.8 Å². The maximum atomic E-state index is 11.9. The number of benzene rings is 2. The Morgan fingerprint density at radius 1 is 0.879 bits per heavy atom. The van der Waals surface area contributed by atoms with Crippen LogP contribution in [-0.2, 0) is 13.1 Å². The lowest BCUT2D eigenvalue weighted by Crippen LogP contribution is -2.17. The Hall–Kier alpha value is -3.11. The van der Waals surface area contributed by atoms with Crippen molar-refractivity contribution < 1.29 is 14.5 Å². The van der Waals surface area contributed by atoms with Gasteiger partial charge < -0.3 is 9.80 Å². The molecule has 0 aliphatic carbocycles. The van der Waals surface area contributed by atoms with E-state index in [9.17, 15) is 19.7 Å². The highest BCUT2D eigenvalue weighted by Gasteiger charge is 2.26. The van der Waals surface area contributed by atoms with E-state index in [1.807, 2.05) is 25.2 Å². The van der Waals surface area contributed by atoms with Crippen molar-refractivity contribution in [3.05, 3.63) is 90.0 Å². The zero-order valence-corrected chi connectivity index (χ0v) is 20.9. The van der Waals surface area contributed by atoms with Gasteiger partial charge in [-0.1, -0.05) is 22.0 Å². The Balaban J connectivity index is 0.000000183. The van der Waals surface area contributed by atoms with E-state index in [1.165, 1.54) is 12.3 Å². The standard InChI is InChI=1S/C14H10BrN3O3.C9H8BrNO/c1-17-7-9-4-8(2-3-11(9)14(17)19)13-12(18(20)21)5-10(15)6-16-13;1-11-5-6-4-7(10)2-3-8(6)9(11)12/h2-6H,7H2,1H3;2-4H,5H2,1H3. The number of nitrogens with zero attached hydrogens (tertiary/aromatic N) is 4. The minimum atomic E-state index is -0.461. The first-order valence-corrected chi connectivity index (χ1v) is 11.5. The van der Waals surface area contributed by atoms with Gasteiger partial charge in [0, 0.05) is 65.1 Å². The van der Waals surface area contributed by atoms with Gasteiger partial charge in [-0.15, -0.1) is 0 Å². The first kappa shape index (κ1) is 23.1. The van der Waals surface area contributed by atoms with Crippen molar-refractivity contribution in [2.75, 3.05) is 14.1 Å². The summed E-state index contributed by atoms with van der Waals surface area (Å²) in [7, 11) is 3.54. The summed E-state index contributed by atoms with van der Waals surface area (Å²) in [6.07, 6.45) is 1.52. The van der Waals surface area contributed by atoms with E-state index in [-0.39, 0.29) is 17.5 Å². The van der Waals surface area contributed by atoms with E-state index >= 15 is 0 Å². The highest BCUT2D eigenvalue weighted by molar-refractivity contribution is 9.10. The SMILES string of the molecule is CN1Cc2cc(-c3ncc(Br)cc3[N+](=O)[O-])ccc2C1=O.CN1Cc2cc(Br)ccc2C1=O. The van der Waals surface area contributed by atoms with Gasteiger partial charge in [0.2, 0.25) is 0 Å². The minimum absolute atomic E-state index is 0.0326. The minimum Gasteiger partial charge on any atom is -0.337 e. The quantitative estimate of drug-likeness (QED) is 0.316. The predicted molar refractivity (Wildman–Crippen MR) is 130 cm³/mol. The third-order valence-electron chi connectivity index (χ3n) is 5.45. The van der Waals surface area contributed by atoms with Crippen LogP contribution in [0.4, 0.5) is 5.69 Å². The molecular weight excluding hydrogens is 556 g/mol. The zero-order valence-electron chi connectivity index (χ0n) is 17.7. The van der Waals surface area contributed by atoms with Crippen LogP contribution < -0.4 is 0 Å². The number of halogens is 2. The van der Waals surface area contributed by atoms with Crippen molar-refractivity contribution in [1.29, 1.82) is 0 Å². The van der Waals surface area contributed by atoms with Crippen molar-refractivity contribution in [2.45, 2.75) is 13.1 Å². The number of rotatable bonds is 2. The first-order valence-electron chi connectivity index (χ1n) is 9.88. The molecule has 8 nitrogen and oxygen atoms in total. The molecule has 2 aliphatic heterocycles. The molecule has 2 aliphatic rings. The van der Waals surface area contributed by atoms with Crippen LogP contribution in [0.15, 0.2) is 57.6 Å². The molecule has 5 rings (SSSR count). The summed E-state index contributed by atoms with van der Waals surface area (Å²) in [6.45, 7) is 1.24. The molecule has 0 atom stereocenters. The number of aromatic nitrogens is 1. The van der Waals surface area contributed by atoms with Crippen molar-refractivity contribution in [3.63, 3.8) is 0 Å². The summed E-state index contributed by atoms with van der Waals surface area (Å²) < 4.78 is 1.58. The molecule has 2 aromatic carbocycles. The number of nitro groups is 1. The summed E-state index contributed by atoms with van der Waals surface area (Å²) in [5.41, 5.74) is 4.31. The number of pyridine rings is 1. The number of hydrogen-bond donors (Lipinski definition) is 0. The van der Waals surface area contributed by atoms with Gasteiger partial charge in [0.25, 0.3) is 17.5 Å². The van der Waals surface area contributed by atoms with Crippen LogP contribution in [0.1, 0.15) is 31.8 Å². The van der Waals surface area contributed by atoms with Crippen LogP contribution in [0.3, 0.4) is 0 Å². The summed E-state index contributed by atoms with van der Waals surface area (Å²) in [5, 5.41) is 11.2. The average Bonchev–Trinajstić information content (AvgIpc) is 3.22. The van der Waals surface area contributed by atoms with Crippen LogP contribution in [-0.4, -0.2) is 45.6 Å². The number of carbonyl (C=O) groups excluding carboxylic acids is 2. The van der Waals surface area contributed by atoms with Crippen molar-refractivity contribution in [2.24, 2.45) is 0 Å². The van der Waals surface area contributed by atoms with Crippen LogP contribution >= 0.6 is 31.9 Å². The molecule has 0 saturated heterocycles. The Bertz CT molecular complexity index is 1310. The lowest BCUT2D eigenvalue weighted by atomic mass is 10.0. The predicted octanol–water partition coefficient (Wildman–Crippen LogP) is 5.04. The Kier molecular flexibility index (Phi) is 6.31. The molecule has 0 unspecified atom stereocenters. The van der Waals surface area contributed by atoms with Crippen LogP contribution in [0, 0.1) is 10.1 Å². The average molecular weight is 574 g/mol. The zero-order chi connectivity index (χ0) is 23.9. The molecule has 1 aromatic heterocycles. The first-order chi connectivity index (χ1) is 15.7. The van der Waals surface area contributed by atoms with Gasteiger partial charge in [-0.3, -0.25) is 19.7 Å². The number of carbonyl (C=O) groups is 2. The molecule has 0 saturated carbocycles. The van der Waals surface area contributed by atoms with Crippen LogP contribution in [0.2, 0.25) is 0 Å². The summed E-state index contributed by atoms with van der Waals surface area (Å²) in [5.74, 6) is 0.0901. The van der Waals surface area contributed by atoms with E-state index in [0.29, 0.717) is 27.8 Å². The fraction of sp³-hybridized carbons (Fsp3) is 0.174. The smallest absolute Gasteiger partial charge is 0.296 e. The third kappa shape index (κ3) is 4.53.